The summed E-state index contributed by atoms with van der Waals surface area (Å²) in [6.07, 6.45) is 0. The van der Waals surface area contributed by atoms with Crippen LogP contribution >= 0.6 is 23.2 Å². The van der Waals surface area contributed by atoms with Crippen LogP contribution in [0.4, 0.5) is 0 Å². The fourth-order valence-electron chi connectivity index (χ4n) is 1.39. The number of halogens is 2. The lowest BCUT2D eigenvalue weighted by molar-refractivity contribution is 1.48. The van der Waals surface area contributed by atoms with E-state index in [-0.39, 0.29) is 0 Å². The van der Waals surface area contributed by atoms with Crippen LogP contribution < -0.4 is 0 Å². The SMILES string of the molecule is N#Cc1[c]cc(-c2cccc(Cl)c2)cc1Cl. The maximum absolute atomic E-state index is 8.74. The van der Waals surface area contributed by atoms with E-state index in [1.807, 2.05) is 24.3 Å². The van der Waals surface area contributed by atoms with Crippen molar-refractivity contribution in [3.8, 4) is 17.2 Å². The molecule has 0 saturated heterocycles. The molecule has 0 aliphatic carbocycles. The van der Waals surface area contributed by atoms with Crippen LogP contribution in [-0.4, -0.2) is 0 Å². The first kappa shape index (κ1) is 11.0. The molecule has 2 aromatic carbocycles. The number of hydrogen-bond donors (Lipinski definition) is 0. The Morgan fingerprint density at radius 2 is 1.94 bits per heavy atom. The van der Waals surface area contributed by atoms with Gasteiger partial charge in [-0.15, -0.1) is 0 Å². The van der Waals surface area contributed by atoms with Gasteiger partial charge in [0.1, 0.15) is 6.07 Å². The number of nitriles is 1. The molecule has 0 aromatic heterocycles. The summed E-state index contributed by atoms with van der Waals surface area (Å²) in [5.74, 6) is 0. The molecular formula is C13H6Cl2N. The minimum atomic E-state index is 0.354. The minimum Gasteiger partial charge on any atom is -0.192 e. The Morgan fingerprint density at radius 3 is 2.56 bits per heavy atom. The molecule has 0 unspecified atom stereocenters. The van der Waals surface area contributed by atoms with Gasteiger partial charge in [0.2, 0.25) is 0 Å². The van der Waals surface area contributed by atoms with Crippen molar-refractivity contribution >= 4 is 23.2 Å². The molecular weight excluding hydrogens is 241 g/mol. The van der Waals surface area contributed by atoms with E-state index in [4.69, 9.17) is 28.5 Å². The van der Waals surface area contributed by atoms with E-state index in [1.54, 1.807) is 18.2 Å². The molecule has 0 fully saturated rings. The molecule has 0 N–H and O–H groups in total. The Balaban J connectivity index is 2.50. The molecule has 0 bridgehead atoms. The van der Waals surface area contributed by atoms with Gasteiger partial charge < -0.3 is 0 Å². The first-order valence-corrected chi connectivity index (χ1v) is 5.33. The summed E-state index contributed by atoms with van der Waals surface area (Å²) in [7, 11) is 0. The van der Waals surface area contributed by atoms with Gasteiger partial charge in [-0.2, -0.15) is 5.26 Å². The first-order chi connectivity index (χ1) is 7.70. The normalized spacial score (nSPS) is 9.81. The Morgan fingerprint density at radius 1 is 1.12 bits per heavy atom. The quantitative estimate of drug-likeness (QED) is 0.735. The molecule has 0 spiro atoms. The second-order valence-corrected chi connectivity index (χ2v) is 4.08. The Labute approximate surface area is 104 Å². The maximum atomic E-state index is 8.74. The molecule has 0 amide bonds. The third kappa shape index (κ3) is 2.19. The minimum absolute atomic E-state index is 0.354. The van der Waals surface area contributed by atoms with Gasteiger partial charge >= 0.3 is 0 Å². The van der Waals surface area contributed by atoms with E-state index in [2.05, 4.69) is 6.07 Å². The fraction of sp³-hybridized carbons (Fsp3) is 0. The molecule has 77 valence electrons. The van der Waals surface area contributed by atoms with Crippen LogP contribution in [0.1, 0.15) is 5.56 Å². The lowest BCUT2D eigenvalue weighted by Crippen LogP contribution is -1.81. The van der Waals surface area contributed by atoms with Crippen molar-refractivity contribution in [3.05, 3.63) is 58.1 Å². The van der Waals surface area contributed by atoms with Crippen molar-refractivity contribution in [2.24, 2.45) is 0 Å². The third-order valence-corrected chi connectivity index (χ3v) is 2.70. The van der Waals surface area contributed by atoms with Crippen LogP contribution in [0.3, 0.4) is 0 Å². The van der Waals surface area contributed by atoms with Crippen molar-refractivity contribution in [1.29, 1.82) is 5.26 Å². The molecule has 3 heteroatoms. The monoisotopic (exact) mass is 246 g/mol. The second-order valence-electron chi connectivity index (χ2n) is 3.23. The highest BCUT2D eigenvalue weighted by Crippen LogP contribution is 2.26. The smallest absolute Gasteiger partial charge is 0.101 e. The molecule has 1 radical (unpaired) electrons. The van der Waals surface area contributed by atoms with Crippen molar-refractivity contribution < 1.29 is 0 Å². The van der Waals surface area contributed by atoms with Gasteiger partial charge in [-0.05, 0) is 35.4 Å². The second kappa shape index (κ2) is 4.57. The molecule has 0 aliphatic rings. The Bertz CT molecular complexity index is 570. The summed E-state index contributed by atoms with van der Waals surface area (Å²) in [5.41, 5.74) is 2.20. The van der Waals surface area contributed by atoms with Crippen molar-refractivity contribution in [2.75, 3.05) is 0 Å². The zero-order chi connectivity index (χ0) is 11.5. The summed E-state index contributed by atoms with van der Waals surface area (Å²) < 4.78 is 0. The molecule has 0 saturated carbocycles. The van der Waals surface area contributed by atoms with Crippen LogP contribution in [0.5, 0.6) is 0 Å². The van der Waals surface area contributed by atoms with E-state index in [9.17, 15) is 0 Å². The van der Waals surface area contributed by atoms with E-state index in [0.29, 0.717) is 15.6 Å². The van der Waals surface area contributed by atoms with Crippen LogP contribution in [0.2, 0.25) is 10.0 Å². The molecule has 2 aromatic rings. The molecule has 0 heterocycles. The summed E-state index contributed by atoms with van der Waals surface area (Å²) in [6.45, 7) is 0. The summed E-state index contributed by atoms with van der Waals surface area (Å²) >= 11 is 11.8. The average Bonchev–Trinajstić information content (AvgIpc) is 2.29. The average molecular weight is 247 g/mol. The summed E-state index contributed by atoms with van der Waals surface area (Å²) in [4.78, 5) is 0. The van der Waals surface area contributed by atoms with Gasteiger partial charge in [0, 0.05) is 11.1 Å². The van der Waals surface area contributed by atoms with E-state index in [0.717, 1.165) is 11.1 Å². The lowest BCUT2D eigenvalue weighted by Gasteiger charge is -2.03. The number of nitrogens with zero attached hydrogens (tertiary/aromatic N) is 1. The van der Waals surface area contributed by atoms with Crippen molar-refractivity contribution in [2.45, 2.75) is 0 Å². The molecule has 2 rings (SSSR count). The summed E-state index contributed by atoms with van der Waals surface area (Å²) in [5, 5.41) is 9.80. The number of hydrogen-bond acceptors (Lipinski definition) is 1. The first-order valence-electron chi connectivity index (χ1n) is 4.58. The standard InChI is InChI=1S/C13H6Cl2N/c14-12-3-1-2-9(6-12)10-4-5-11(8-16)13(15)7-10/h1-4,6-7H. The van der Waals surface area contributed by atoms with Crippen LogP contribution in [0.25, 0.3) is 11.1 Å². The zero-order valence-electron chi connectivity index (χ0n) is 8.17. The molecule has 0 atom stereocenters. The third-order valence-electron chi connectivity index (χ3n) is 2.16. The topological polar surface area (TPSA) is 23.8 Å². The molecule has 0 aliphatic heterocycles. The molecule has 16 heavy (non-hydrogen) atoms. The fourth-order valence-corrected chi connectivity index (χ4v) is 1.79. The van der Waals surface area contributed by atoms with Crippen LogP contribution in [-0.2, 0) is 0 Å². The van der Waals surface area contributed by atoms with E-state index < -0.39 is 0 Å². The van der Waals surface area contributed by atoms with Crippen molar-refractivity contribution in [3.63, 3.8) is 0 Å². The van der Waals surface area contributed by atoms with Gasteiger partial charge in [0.15, 0.2) is 0 Å². The van der Waals surface area contributed by atoms with Gasteiger partial charge in [-0.25, -0.2) is 0 Å². The Kier molecular flexibility index (Phi) is 3.14. The maximum Gasteiger partial charge on any atom is 0.101 e. The Hall–Kier alpha value is -1.49. The highest BCUT2D eigenvalue weighted by atomic mass is 35.5. The van der Waals surface area contributed by atoms with Crippen LogP contribution in [0.15, 0.2) is 36.4 Å². The van der Waals surface area contributed by atoms with Gasteiger partial charge in [0.05, 0.1) is 10.6 Å². The van der Waals surface area contributed by atoms with E-state index >= 15 is 0 Å². The van der Waals surface area contributed by atoms with Gasteiger partial charge in [0.25, 0.3) is 0 Å². The van der Waals surface area contributed by atoms with Gasteiger partial charge in [-0.3, -0.25) is 0 Å². The van der Waals surface area contributed by atoms with Crippen LogP contribution in [0, 0.1) is 17.4 Å². The van der Waals surface area contributed by atoms with E-state index in [1.165, 1.54) is 0 Å². The highest BCUT2D eigenvalue weighted by Gasteiger charge is 2.03. The van der Waals surface area contributed by atoms with Crippen molar-refractivity contribution in [1.82, 2.24) is 0 Å². The number of benzene rings is 2. The zero-order valence-corrected chi connectivity index (χ0v) is 9.68. The lowest BCUT2D eigenvalue weighted by atomic mass is 10.0. The number of rotatable bonds is 1. The highest BCUT2D eigenvalue weighted by molar-refractivity contribution is 6.32. The molecule has 1 nitrogen and oxygen atoms in total. The van der Waals surface area contributed by atoms with Gasteiger partial charge in [-0.1, -0.05) is 35.3 Å². The largest absolute Gasteiger partial charge is 0.192 e. The predicted molar refractivity (Wildman–Crippen MR) is 65.4 cm³/mol. The predicted octanol–water partition coefficient (Wildman–Crippen LogP) is 4.33. The summed E-state index contributed by atoms with van der Waals surface area (Å²) in [6, 6.07) is 15.7.